The lowest BCUT2D eigenvalue weighted by atomic mass is 10.1. The van der Waals surface area contributed by atoms with E-state index in [2.05, 4.69) is 44.1 Å². The number of nitrogens with one attached hydrogen (secondary N) is 1. The highest BCUT2D eigenvalue weighted by Crippen LogP contribution is 2.29. The summed E-state index contributed by atoms with van der Waals surface area (Å²) in [4.78, 5) is 0. The lowest BCUT2D eigenvalue weighted by Gasteiger charge is -2.15. The molecule has 0 spiro atoms. The highest BCUT2D eigenvalue weighted by Gasteiger charge is 2.08. The van der Waals surface area contributed by atoms with Gasteiger partial charge in [0.1, 0.15) is 0 Å². The average Bonchev–Trinajstić information content (AvgIpc) is 2.75. The molecule has 1 N–H and O–H groups in total. The van der Waals surface area contributed by atoms with Gasteiger partial charge in [0.05, 0.1) is 18.6 Å². The summed E-state index contributed by atoms with van der Waals surface area (Å²) in [6, 6.07) is 8.24. The normalized spacial score (nSPS) is 12.4. The topological polar surface area (TPSA) is 25.2 Å². The Balaban J connectivity index is 2.15. The highest BCUT2D eigenvalue weighted by atomic mass is 79.9. The van der Waals surface area contributed by atoms with E-state index in [4.69, 9.17) is 4.42 Å². The fourth-order valence-corrected chi connectivity index (χ4v) is 2.61. The van der Waals surface area contributed by atoms with Crippen molar-refractivity contribution in [3.05, 3.63) is 51.3 Å². The van der Waals surface area contributed by atoms with Crippen LogP contribution in [-0.4, -0.2) is 0 Å². The highest BCUT2D eigenvalue weighted by molar-refractivity contribution is 9.11. The second-order valence-corrected chi connectivity index (χ2v) is 5.32. The first-order valence-electron chi connectivity index (χ1n) is 4.90. The largest absolute Gasteiger partial charge is 0.472 e. The minimum absolute atomic E-state index is 0.219. The van der Waals surface area contributed by atoms with Crippen molar-refractivity contribution in [3.63, 3.8) is 0 Å². The maximum absolute atomic E-state index is 5.06. The summed E-state index contributed by atoms with van der Waals surface area (Å²) in [6.07, 6.45) is 3.44. The van der Waals surface area contributed by atoms with Crippen LogP contribution < -0.4 is 5.32 Å². The molecule has 2 nitrogen and oxygen atoms in total. The van der Waals surface area contributed by atoms with Crippen molar-refractivity contribution in [3.8, 4) is 0 Å². The van der Waals surface area contributed by atoms with Gasteiger partial charge in [0.15, 0.2) is 0 Å². The second-order valence-electron chi connectivity index (χ2n) is 3.55. The van der Waals surface area contributed by atoms with Crippen LogP contribution >= 0.6 is 31.9 Å². The summed E-state index contributed by atoms with van der Waals surface area (Å²) in [5.74, 6) is 0. The summed E-state index contributed by atoms with van der Waals surface area (Å²) in [7, 11) is 0. The SMILES string of the molecule is CC(Nc1ccc(Br)cc1Br)c1ccoc1. The number of rotatable bonds is 3. The number of benzene rings is 1. The van der Waals surface area contributed by atoms with E-state index < -0.39 is 0 Å². The van der Waals surface area contributed by atoms with E-state index in [9.17, 15) is 0 Å². The van der Waals surface area contributed by atoms with Gasteiger partial charge in [-0.1, -0.05) is 15.9 Å². The van der Waals surface area contributed by atoms with Crippen LogP contribution in [0.2, 0.25) is 0 Å². The Hall–Kier alpha value is -0.740. The molecule has 84 valence electrons. The molecule has 1 aromatic heterocycles. The lowest BCUT2D eigenvalue weighted by molar-refractivity contribution is 0.562. The molecule has 1 aromatic carbocycles. The van der Waals surface area contributed by atoms with Gasteiger partial charge in [-0.05, 0) is 47.1 Å². The van der Waals surface area contributed by atoms with E-state index >= 15 is 0 Å². The first kappa shape index (κ1) is 11.7. The number of hydrogen-bond acceptors (Lipinski definition) is 2. The minimum atomic E-state index is 0.219. The number of halogens is 2. The predicted molar refractivity (Wildman–Crippen MR) is 72.6 cm³/mol. The fourth-order valence-electron chi connectivity index (χ4n) is 1.44. The third-order valence-corrected chi connectivity index (χ3v) is 3.50. The lowest BCUT2D eigenvalue weighted by Crippen LogP contribution is -2.05. The Kier molecular flexibility index (Phi) is 3.71. The van der Waals surface area contributed by atoms with Crippen LogP contribution in [0, 0.1) is 0 Å². The maximum Gasteiger partial charge on any atom is 0.0955 e. The van der Waals surface area contributed by atoms with Crippen LogP contribution in [0.1, 0.15) is 18.5 Å². The van der Waals surface area contributed by atoms with E-state index in [1.165, 1.54) is 0 Å². The molecule has 0 aliphatic heterocycles. The molecule has 2 aromatic rings. The number of furan rings is 1. The summed E-state index contributed by atoms with van der Waals surface area (Å²) in [5, 5.41) is 3.41. The molecule has 1 atom stereocenters. The standard InChI is InChI=1S/C12H11Br2NO/c1-8(9-4-5-16-7-9)15-12-3-2-10(13)6-11(12)14/h2-8,15H,1H3. The molecule has 1 unspecified atom stereocenters. The summed E-state index contributed by atoms with van der Waals surface area (Å²) >= 11 is 6.95. The summed E-state index contributed by atoms with van der Waals surface area (Å²) < 4.78 is 7.16. The van der Waals surface area contributed by atoms with E-state index in [0.29, 0.717) is 0 Å². The van der Waals surface area contributed by atoms with Crippen LogP contribution in [0.15, 0.2) is 50.2 Å². The molecule has 0 amide bonds. The van der Waals surface area contributed by atoms with Gasteiger partial charge in [-0.25, -0.2) is 0 Å². The van der Waals surface area contributed by atoms with Gasteiger partial charge in [0.2, 0.25) is 0 Å². The van der Waals surface area contributed by atoms with Crippen LogP contribution in [-0.2, 0) is 0 Å². The maximum atomic E-state index is 5.06. The van der Waals surface area contributed by atoms with E-state index in [-0.39, 0.29) is 6.04 Å². The van der Waals surface area contributed by atoms with E-state index in [1.54, 1.807) is 12.5 Å². The van der Waals surface area contributed by atoms with Gasteiger partial charge < -0.3 is 9.73 Å². The first-order valence-corrected chi connectivity index (χ1v) is 6.49. The molecule has 0 aliphatic rings. The Bertz CT molecular complexity index is 468. The van der Waals surface area contributed by atoms with Crippen molar-refractivity contribution in [2.24, 2.45) is 0 Å². The molecule has 0 saturated carbocycles. The van der Waals surface area contributed by atoms with Crippen LogP contribution in [0.5, 0.6) is 0 Å². The van der Waals surface area contributed by atoms with Gasteiger partial charge in [-0.3, -0.25) is 0 Å². The van der Waals surface area contributed by atoms with Crippen molar-refractivity contribution in [1.82, 2.24) is 0 Å². The Morgan fingerprint density at radius 1 is 1.25 bits per heavy atom. The second kappa shape index (κ2) is 5.06. The van der Waals surface area contributed by atoms with Crippen molar-refractivity contribution < 1.29 is 4.42 Å². The molecule has 0 radical (unpaired) electrons. The quantitative estimate of drug-likeness (QED) is 0.849. The first-order chi connectivity index (χ1) is 7.66. The monoisotopic (exact) mass is 343 g/mol. The summed E-state index contributed by atoms with van der Waals surface area (Å²) in [6.45, 7) is 2.10. The zero-order chi connectivity index (χ0) is 11.5. The molecule has 0 bridgehead atoms. The van der Waals surface area contributed by atoms with E-state index in [0.717, 1.165) is 20.2 Å². The molecule has 16 heavy (non-hydrogen) atoms. The smallest absolute Gasteiger partial charge is 0.0955 e. The zero-order valence-electron chi connectivity index (χ0n) is 8.71. The fraction of sp³-hybridized carbons (Fsp3) is 0.167. The van der Waals surface area contributed by atoms with Gasteiger partial charge >= 0.3 is 0 Å². The van der Waals surface area contributed by atoms with Gasteiger partial charge in [-0.15, -0.1) is 0 Å². The third-order valence-electron chi connectivity index (χ3n) is 2.35. The van der Waals surface area contributed by atoms with Gasteiger partial charge in [-0.2, -0.15) is 0 Å². The Labute approximate surface area is 111 Å². The van der Waals surface area contributed by atoms with E-state index in [1.807, 2.05) is 24.3 Å². The Morgan fingerprint density at radius 2 is 2.06 bits per heavy atom. The Morgan fingerprint density at radius 3 is 2.69 bits per heavy atom. The van der Waals surface area contributed by atoms with Crippen LogP contribution in [0.3, 0.4) is 0 Å². The number of anilines is 1. The van der Waals surface area contributed by atoms with Crippen LogP contribution in [0.4, 0.5) is 5.69 Å². The zero-order valence-corrected chi connectivity index (χ0v) is 11.9. The molecule has 0 fully saturated rings. The molecule has 0 saturated heterocycles. The predicted octanol–water partition coefficient (Wildman–Crippen LogP) is 4.98. The van der Waals surface area contributed by atoms with Crippen LogP contribution in [0.25, 0.3) is 0 Å². The molecule has 4 heteroatoms. The molecular formula is C12H11Br2NO. The van der Waals surface area contributed by atoms with Crippen molar-refractivity contribution in [1.29, 1.82) is 0 Å². The summed E-state index contributed by atoms with van der Waals surface area (Å²) in [5.41, 5.74) is 2.20. The van der Waals surface area contributed by atoms with Crippen molar-refractivity contribution in [2.45, 2.75) is 13.0 Å². The average molecular weight is 345 g/mol. The number of hydrogen-bond donors (Lipinski definition) is 1. The minimum Gasteiger partial charge on any atom is -0.472 e. The van der Waals surface area contributed by atoms with Gasteiger partial charge in [0, 0.05) is 20.2 Å². The molecular weight excluding hydrogens is 334 g/mol. The molecule has 1 heterocycles. The third kappa shape index (κ3) is 2.68. The molecule has 0 aliphatic carbocycles. The van der Waals surface area contributed by atoms with Crippen molar-refractivity contribution in [2.75, 3.05) is 5.32 Å². The van der Waals surface area contributed by atoms with Gasteiger partial charge in [0.25, 0.3) is 0 Å². The molecule has 2 rings (SSSR count). The van der Waals surface area contributed by atoms with Crippen molar-refractivity contribution >= 4 is 37.5 Å².